The zero-order chi connectivity index (χ0) is 18.6. The molecule has 2 aromatic carbocycles. The van der Waals surface area contributed by atoms with E-state index in [-0.39, 0.29) is 5.91 Å². The van der Waals surface area contributed by atoms with E-state index in [1.54, 1.807) is 42.4 Å². The lowest BCUT2D eigenvalue weighted by Crippen LogP contribution is -2.30. The first kappa shape index (κ1) is 16.8. The van der Waals surface area contributed by atoms with Gasteiger partial charge >= 0.3 is 0 Å². The van der Waals surface area contributed by atoms with Gasteiger partial charge in [-0.25, -0.2) is 0 Å². The summed E-state index contributed by atoms with van der Waals surface area (Å²) in [6.45, 7) is 2.11. The van der Waals surface area contributed by atoms with Crippen LogP contribution in [-0.2, 0) is 6.54 Å². The third kappa shape index (κ3) is 3.64. The summed E-state index contributed by atoms with van der Waals surface area (Å²) in [6, 6.07) is 20.3. The van der Waals surface area contributed by atoms with E-state index in [2.05, 4.69) is 10.1 Å². The summed E-state index contributed by atoms with van der Waals surface area (Å²) in [5.74, 6) is 1.59. The number of rotatable bonds is 5. The van der Waals surface area contributed by atoms with Gasteiger partial charge in [-0.2, -0.15) is 4.98 Å². The largest absolute Gasteiger partial charge is 0.467 e. The average molecular weight is 359 g/mol. The van der Waals surface area contributed by atoms with Crippen molar-refractivity contribution in [2.45, 2.75) is 13.5 Å². The predicted octanol–water partition coefficient (Wildman–Crippen LogP) is 4.49. The van der Waals surface area contributed by atoms with Crippen LogP contribution in [0.5, 0.6) is 0 Å². The van der Waals surface area contributed by atoms with E-state index in [1.807, 2.05) is 42.5 Å². The number of anilines is 1. The molecule has 4 aromatic rings. The molecular formula is C21H17N3O3. The molecule has 0 bridgehead atoms. The van der Waals surface area contributed by atoms with E-state index in [0.717, 1.165) is 11.3 Å². The maximum atomic E-state index is 13.2. The monoisotopic (exact) mass is 359 g/mol. The maximum Gasteiger partial charge on any atom is 0.258 e. The zero-order valence-electron chi connectivity index (χ0n) is 14.7. The van der Waals surface area contributed by atoms with E-state index in [9.17, 15) is 4.79 Å². The summed E-state index contributed by atoms with van der Waals surface area (Å²) in [6.07, 6.45) is 1.60. The number of benzene rings is 2. The smallest absolute Gasteiger partial charge is 0.258 e. The van der Waals surface area contributed by atoms with Gasteiger partial charge in [-0.15, -0.1) is 0 Å². The van der Waals surface area contributed by atoms with Crippen molar-refractivity contribution < 1.29 is 13.7 Å². The number of carbonyl (C=O) groups is 1. The number of carbonyl (C=O) groups excluding carboxylic acids is 1. The van der Waals surface area contributed by atoms with Crippen molar-refractivity contribution >= 4 is 11.6 Å². The SMILES string of the molecule is Cc1noc(-c2ccc(C(=O)N(Cc3ccco3)c3ccccc3)cc2)n1. The van der Waals surface area contributed by atoms with Gasteiger partial charge in [-0.1, -0.05) is 23.4 Å². The number of para-hydroxylation sites is 1. The number of hydrogen-bond donors (Lipinski definition) is 0. The molecular weight excluding hydrogens is 342 g/mol. The van der Waals surface area contributed by atoms with Crippen LogP contribution in [0.2, 0.25) is 0 Å². The molecule has 0 aliphatic heterocycles. The highest BCUT2D eigenvalue weighted by Crippen LogP contribution is 2.22. The number of nitrogens with zero attached hydrogens (tertiary/aromatic N) is 3. The fourth-order valence-electron chi connectivity index (χ4n) is 2.77. The normalized spacial score (nSPS) is 10.7. The van der Waals surface area contributed by atoms with Gasteiger partial charge < -0.3 is 13.8 Å². The van der Waals surface area contributed by atoms with Crippen LogP contribution < -0.4 is 4.90 Å². The van der Waals surface area contributed by atoms with Crippen LogP contribution in [0.25, 0.3) is 11.5 Å². The zero-order valence-corrected chi connectivity index (χ0v) is 14.7. The summed E-state index contributed by atoms with van der Waals surface area (Å²) in [7, 11) is 0. The van der Waals surface area contributed by atoms with Crippen molar-refractivity contribution in [1.82, 2.24) is 10.1 Å². The molecule has 134 valence electrons. The Bertz CT molecular complexity index is 1020. The minimum atomic E-state index is -0.120. The van der Waals surface area contributed by atoms with E-state index < -0.39 is 0 Å². The lowest BCUT2D eigenvalue weighted by Gasteiger charge is -2.22. The number of hydrogen-bond acceptors (Lipinski definition) is 5. The van der Waals surface area contributed by atoms with E-state index >= 15 is 0 Å². The third-order valence-electron chi connectivity index (χ3n) is 4.11. The van der Waals surface area contributed by atoms with Crippen molar-refractivity contribution in [1.29, 1.82) is 0 Å². The molecule has 0 fully saturated rings. The quantitative estimate of drug-likeness (QED) is 0.525. The Morgan fingerprint density at radius 3 is 2.41 bits per heavy atom. The predicted molar refractivity (Wildman–Crippen MR) is 100 cm³/mol. The van der Waals surface area contributed by atoms with E-state index in [0.29, 0.717) is 29.6 Å². The Morgan fingerprint density at radius 1 is 1.00 bits per heavy atom. The van der Waals surface area contributed by atoms with Gasteiger partial charge in [0.15, 0.2) is 5.82 Å². The molecule has 0 atom stereocenters. The lowest BCUT2D eigenvalue weighted by molar-refractivity contribution is 0.0983. The Hall–Kier alpha value is -3.67. The maximum absolute atomic E-state index is 13.2. The molecule has 6 heteroatoms. The van der Waals surface area contributed by atoms with Gasteiger partial charge in [0.1, 0.15) is 5.76 Å². The van der Waals surface area contributed by atoms with Gasteiger partial charge in [0.05, 0.1) is 12.8 Å². The topological polar surface area (TPSA) is 72.4 Å². The number of amides is 1. The van der Waals surface area contributed by atoms with Crippen LogP contribution in [0.4, 0.5) is 5.69 Å². The first-order valence-electron chi connectivity index (χ1n) is 8.51. The Morgan fingerprint density at radius 2 is 1.78 bits per heavy atom. The highest BCUT2D eigenvalue weighted by molar-refractivity contribution is 6.06. The summed E-state index contributed by atoms with van der Waals surface area (Å²) in [5.41, 5.74) is 2.13. The van der Waals surface area contributed by atoms with Crippen molar-refractivity contribution in [3.63, 3.8) is 0 Å². The fraction of sp³-hybridized carbons (Fsp3) is 0.0952. The number of aryl methyl sites for hydroxylation is 1. The number of aromatic nitrogens is 2. The molecule has 0 radical (unpaired) electrons. The first-order chi connectivity index (χ1) is 13.2. The highest BCUT2D eigenvalue weighted by Gasteiger charge is 2.19. The van der Waals surface area contributed by atoms with Crippen LogP contribution in [-0.4, -0.2) is 16.0 Å². The van der Waals surface area contributed by atoms with Crippen molar-refractivity contribution in [2.75, 3.05) is 4.90 Å². The van der Waals surface area contributed by atoms with Crippen molar-refractivity contribution in [3.05, 3.63) is 90.1 Å². The molecule has 0 aliphatic rings. The molecule has 0 unspecified atom stereocenters. The molecule has 2 aromatic heterocycles. The molecule has 0 aliphatic carbocycles. The second-order valence-corrected chi connectivity index (χ2v) is 6.03. The standard InChI is InChI=1S/C21H17N3O3/c1-15-22-20(27-23-15)16-9-11-17(12-10-16)21(25)24(14-19-8-5-13-26-19)18-6-3-2-4-7-18/h2-13H,14H2,1H3. The summed E-state index contributed by atoms with van der Waals surface area (Å²) in [4.78, 5) is 19.0. The van der Waals surface area contributed by atoms with Crippen LogP contribution >= 0.6 is 0 Å². The van der Waals surface area contributed by atoms with Crippen LogP contribution in [0.1, 0.15) is 21.9 Å². The fourth-order valence-corrected chi connectivity index (χ4v) is 2.77. The molecule has 0 N–H and O–H groups in total. The van der Waals surface area contributed by atoms with Gasteiger partial charge in [0.25, 0.3) is 11.8 Å². The van der Waals surface area contributed by atoms with Crippen LogP contribution in [0.15, 0.2) is 81.9 Å². The second kappa shape index (κ2) is 7.29. The lowest BCUT2D eigenvalue weighted by atomic mass is 10.1. The van der Waals surface area contributed by atoms with Crippen molar-refractivity contribution in [3.8, 4) is 11.5 Å². The Labute approximate surface area is 156 Å². The van der Waals surface area contributed by atoms with Gasteiger partial charge in [-0.3, -0.25) is 4.79 Å². The molecule has 6 nitrogen and oxygen atoms in total. The van der Waals surface area contributed by atoms with Gasteiger partial charge in [0.2, 0.25) is 0 Å². The van der Waals surface area contributed by atoms with Crippen molar-refractivity contribution in [2.24, 2.45) is 0 Å². The van der Waals surface area contributed by atoms with E-state index in [1.165, 1.54) is 0 Å². The van der Waals surface area contributed by atoms with Gasteiger partial charge in [-0.05, 0) is 55.5 Å². The molecule has 0 spiro atoms. The van der Waals surface area contributed by atoms with Crippen LogP contribution in [0, 0.1) is 6.92 Å². The summed E-state index contributed by atoms with van der Waals surface area (Å²) in [5, 5.41) is 3.79. The Kier molecular flexibility index (Phi) is 4.53. The molecule has 4 rings (SSSR count). The minimum absolute atomic E-state index is 0.120. The molecule has 27 heavy (non-hydrogen) atoms. The summed E-state index contributed by atoms with van der Waals surface area (Å²) >= 11 is 0. The average Bonchev–Trinajstić information content (AvgIpc) is 3.38. The molecule has 0 saturated carbocycles. The molecule has 2 heterocycles. The second-order valence-electron chi connectivity index (χ2n) is 6.03. The molecule has 1 amide bonds. The minimum Gasteiger partial charge on any atom is -0.467 e. The van der Waals surface area contributed by atoms with E-state index in [4.69, 9.17) is 8.94 Å². The van der Waals surface area contributed by atoms with Gasteiger partial charge in [0, 0.05) is 16.8 Å². The summed E-state index contributed by atoms with van der Waals surface area (Å²) < 4.78 is 10.6. The number of furan rings is 1. The Balaban J connectivity index is 1.62. The molecule has 0 saturated heterocycles. The first-order valence-corrected chi connectivity index (χ1v) is 8.51. The highest BCUT2D eigenvalue weighted by atomic mass is 16.5. The third-order valence-corrected chi connectivity index (χ3v) is 4.11. The van der Waals surface area contributed by atoms with Crippen LogP contribution in [0.3, 0.4) is 0 Å².